The molecule has 0 atom stereocenters. The second-order valence-corrected chi connectivity index (χ2v) is 1.23. The number of hydrogen-bond acceptors (Lipinski definition) is 0. The van der Waals surface area contributed by atoms with Crippen molar-refractivity contribution < 1.29 is 0 Å². The monoisotopic (exact) mass is 91.1 g/mol. The third-order valence-corrected chi connectivity index (χ3v) is 0.623. The van der Waals surface area contributed by atoms with Gasteiger partial charge in [-0.2, -0.15) is 0 Å². The van der Waals surface area contributed by atoms with Gasteiger partial charge in [0.2, 0.25) is 0 Å². The molecule has 0 heterocycles. The fourth-order valence-electron chi connectivity index (χ4n) is 0.279. The van der Waals surface area contributed by atoms with Gasteiger partial charge in [-0.15, -0.1) is 0 Å². The van der Waals surface area contributed by atoms with Crippen molar-refractivity contribution in [1.82, 2.24) is 0 Å². The van der Waals surface area contributed by atoms with Crippen LogP contribution in [-0.4, -0.2) is 0 Å². The van der Waals surface area contributed by atoms with Gasteiger partial charge < -0.3 is 0 Å². The maximum atomic E-state index is 6.46. The van der Waals surface area contributed by atoms with Crippen LogP contribution in [0.5, 0.6) is 0 Å². The van der Waals surface area contributed by atoms with Crippen molar-refractivity contribution >= 4 is 0 Å². The molecule has 0 saturated carbocycles. The van der Waals surface area contributed by atoms with E-state index in [1.54, 1.807) is 0 Å². The van der Waals surface area contributed by atoms with Crippen LogP contribution in [0.3, 0.4) is 0 Å². The summed E-state index contributed by atoms with van der Waals surface area (Å²) in [5.41, 5.74) is 0. The predicted molar refractivity (Wildman–Crippen MR) is 29.8 cm³/mol. The molecule has 0 fully saturated rings. The van der Waals surface area contributed by atoms with E-state index in [9.17, 15) is 0 Å². The van der Waals surface area contributed by atoms with Crippen molar-refractivity contribution in [2.45, 2.75) is 19.3 Å². The molecule has 0 aliphatic rings. The van der Waals surface area contributed by atoms with Gasteiger partial charge in [0.1, 0.15) is 0 Å². The van der Waals surface area contributed by atoms with Crippen molar-refractivity contribution in [3.05, 3.63) is 6.42 Å². The first-order valence-corrected chi connectivity index (χ1v) is 2.25. The quantitative estimate of drug-likeness (QED) is 0.273. The van der Waals surface area contributed by atoms with Gasteiger partial charge in [-0.1, -0.05) is 0 Å². The summed E-state index contributed by atoms with van der Waals surface area (Å²) in [4.78, 5) is 0. The molecule has 0 nitrogen and oxygen atoms in total. The van der Waals surface area contributed by atoms with Gasteiger partial charge in [0.05, 0.1) is 0 Å². The van der Waals surface area contributed by atoms with Gasteiger partial charge in [0.25, 0.3) is 0 Å². The standard InChI is InChI=1S/C7H7/c1-3-5-7-6-4-2/h1H,5-7H2/q+1. The van der Waals surface area contributed by atoms with Crippen LogP contribution in [0.1, 0.15) is 19.3 Å². The first-order chi connectivity index (χ1) is 3.41. The van der Waals surface area contributed by atoms with Crippen LogP contribution in [0.4, 0.5) is 0 Å². The van der Waals surface area contributed by atoms with E-state index in [4.69, 9.17) is 12.8 Å². The summed E-state index contributed by atoms with van der Waals surface area (Å²) in [5, 5.41) is 0. The normalized spacial score (nSPS) is 7.00. The Morgan fingerprint density at radius 1 is 1.43 bits per heavy atom. The van der Waals surface area contributed by atoms with Crippen LogP contribution in [0.2, 0.25) is 0 Å². The second kappa shape index (κ2) is 5.34. The minimum absolute atomic E-state index is 0.699. The molecule has 0 amide bonds. The minimum atomic E-state index is 0.699. The molecule has 34 valence electrons. The van der Waals surface area contributed by atoms with Crippen molar-refractivity contribution in [1.29, 1.82) is 0 Å². The first-order valence-electron chi connectivity index (χ1n) is 2.25. The fourth-order valence-corrected chi connectivity index (χ4v) is 0.279. The third kappa shape index (κ3) is 5.34. The van der Waals surface area contributed by atoms with Gasteiger partial charge in [-0.3, -0.25) is 0 Å². The molecule has 0 bridgehead atoms. The molecular formula is C7H7+. The van der Waals surface area contributed by atoms with Crippen molar-refractivity contribution in [3.63, 3.8) is 0 Å². The molecule has 0 N–H and O–H groups in total. The van der Waals surface area contributed by atoms with Crippen molar-refractivity contribution in [2.75, 3.05) is 0 Å². The van der Waals surface area contributed by atoms with Gasteiger partial charge in [-0.25, -0.2) is 0 Å². The van der Waals surface area contributed by atoms with E-state index in [-0.39, 0.29) is 0 Å². The molecule has 0 aliphatic heterocycles. The first kappa shape index (κ1) is 6.34. The number of hydrogen-bond donors (Lipinski definition) is 0. The molecule has 0 aromatic carbocycles. The molecule has 0 heteroatoms. The Balaban J connectivity index is 2.77. The summed E-state index contributed by atoms with van der Waals surface area (Å²) in [6.07, 6.45) is 13.8. The average molecular weight is 91.1 g/mol. The number of rotatable bonds is 2. The molecule has 0 aromatic rings. The van der Waals surface area contributed by atoms with E-state index in [1.807, 2.05) is 0 Å². The van der Waals surface area contributed by atoms with Crippen LogP contribution < -0.4 is 0 Å². The second-order valence-electron chi connectivity index (χ2n) is 1.23. The molecule has 7 heavy (non-hydrogen) atoms. The zero-order valence-corrected chi connectivity index (χ0v) is 4.20. The molecular weight excluding hydrogens is 84.1 g/mol. The van der Waals surface area contributed by atoms with Gasteiger partial charge in [-0.05, 0) is 0 Å². The topological polar surface area (TPSA) is 0 Å². The maximum absolute atomic E-state index is 6.46. The Hall–Kier alpha value is -0.660. The van der Waals surface area contributed by atoms with Gasteiger partial charge in [0.15, 0.2) is 0 Å². The molecule has 0 radical (unpaired) electrons. The Labute approximate surface area is 44.9 Å². The van der Waals surface area contributed by atoms with Crippen LogP contribution >= 0.6 is 0 Å². The van der Waals surface area contributed by atoms with E-state index in [0.29, 0.717) is 6.42 Å². The summed E-state index contributed by atoms with van der Waals surface area (Å²) < 4.78 is 0. The summed E-state index contributed by atoms with van der Waals surface area (Å²) >= 11 is 0. The zero-order chi connectivity index (χ0) is 5.54. The number of unbranched alkanes of at least 4 members (excludes halogenated alkanes) is 2. The molecule has 0 aromatic heterocycles. The average Bonchev–Trinajstić information content (AvgIpc) is 1.69. The molecule has 0 rings (SSSR count). The summed E-state index contributed by atoms with van der Waals surface area (Å²) in [5.74, 6) is 4.74. The zero-order valence-electron chi connectivity index (χ0n) is 4.20. The Morgan fingerprint density at radius 2 is 2.14 bits per heavy atom. The van der Waals surface area contributed by atoms with E-state index in [2.05, 4.69) is 11.8 Å². The van der Waals surface area contributed by atoms with Crippen LogP contribution in [-0.2, 0) is 0 Å². The molecule has 0 unspecified atom stereocenters. The summed E-state index contributed by atoms with van der Waals surface area (Å²) in [6, 6.07) is 0. The Morgan fingerprint density at radius 3 is 2.57 bits per heavy atom. The van der Waals surface area contributed by atoms with E-state index in [0.717, 1.165) is 12.8 Å². The van der Waals surface area contributed by atoms with Crippen LogP contribution in [0, 0.1) is 24.7 Å². The summed E-state index contributed by atoms with van der Waals surface area (Å²) in [6.45, 7) is 0. The third-order valence-electron chi connectivity index (χ3n) is 0.623. The Bertz CT molecular complexity index is 84.2. The van der Waals surface area contributed by atoms with Gasteiger partial charge >= 0.3 is 44.0 Å². The molecule has 0 aliphatic carbocycles. The van der Waals surface area contributed by atoms with Crippen molar-refractivity contribution in [2.24, 2.45) is 0 Å². The number of terminal acetylenes is 1. The predicted octanol–water partition coefficient (Wildman–Crippen LogP) is 1.38. The molecule has 0 spiro atoms. The van der Waals surface area contributed by atoms with Crippen LogP contribution in [0.15, 0.2) is 0 Å². The van der Waals surface area contributed by atoms with E-state index in [1.165, 1.54) is 0 Å². The Kier molecular flexibility index (Phi) is 4.84. The SMILES string of the molecule is [C+]#CCCCC#C. The van der Waals surface area contributed by atoms with Crippen molar-refractivity contribution in [3.8, 4) is 18.3 Å². The van der Waals surface area contributed by atoms with E-state index >= 15 is 0 Å². The van der Waals surface area contributed by atoms with Gasteiger partial charge in [0, 0.05) is 0 Å². The fraction of sp³-hybridized carbons (Fsp3) is 0.429. The van der Waals surface area contributed by atoms with E-state index < -0.39 is 0 Å². The molecule has 0 saturated heterocycles. The summed E-state index contributed by atoms with van der Waals surface area (Å²) in [7, 11) is 0. The van der Waals surface area contributed by atoms with Crippen LogP contribution in [0.25, 0.3) is 0 Å².